The molecule has 1 N–H and O–H groups in total. The number of carbonyl (C=O) groups is 1. The van der Waals surface area contributed by atoms with Crippen LogP contribution in [0.25, 0.3) is 27.9 Å². The van der Waals surface area contributed by atoms with E-state index in [4.69, 9.17) is 9.47 Å². The van der Waals surface area contributed by atoms with Gasteiger partial charge in [-0.15, -0.1) is 0 Å². The predicted molar refractivity (Wildman–Crippen MR) is 135 cm³/mol. The Balaban J connectivity index is 1.20. The van der Waals surface area contributed by atoms with Crippen molar-refractivity contribution in [2.75, 3.05) is 19.5 Å². The Hall–Kier alpha value is -4.73. The van der Waals surface area contributed by atoms with Crippen LogP contribution in [0.4, 0.5) is 5.69 Å². The smallest absolute Gasteiger partial charge is 0.261 e. The van der Waals surface area contributed by atoms with Crippen LogP contribution in [0.3, 0.4) is 0 Å². The normalized spacial score (nSPS) is 11.1. The van der Waals surface area contributed by atoms with Crippen molar-refractivity contribution in [1.82, 2.24) is 23.9 Å². The number of ether oxygens (including phenoxy) is 2. The van der Waals surface area contributed by atoms with Gasteiger partial charge in [0.05, 0.1) is 37.1 Å². The lowest BCUT2D eigenvalue weighted by Gasteiger charge is -2.11. The number of methoxy groups -OCH3 is 2. The van der Waals surface area contributed by atoms with Crippen molar-refractivity contribution >= 4 is 28.3 Å². The van der Waals surface area contributed by atoms with Gasteiger partial charge in [0, 0.05) is 48.9 Å². The minimum absolute atomic E-state index is 0.132. The highest BCUT2D eigenvalue weighted by Crippen LogP contribution is 2.29. The Kier molecular flexibility index (Phi) is 6.31. The van der Waals surface area contributed by atoms with E-state index < -0.39 is 0 Å². The van der Waals surface area contributed by atoms with Gasteiger partial charge in [0.25, 0.3) is 5.56 Å². The summed E-state index contributed by atoms with van der Waals surface area (Å²) in [4.78, 5) is 38.4. The zero-order valence-corrected chi connectivity index (χ0v) is 19.8. The number of carbonyl (C=O) groups excluding carboxylic acids is 1. The van der Waals surface area contributed by atoms with Crippen LogP contribution in [0.2, 0.25) is 0 Å². The van der Waals surface area contributed by atoms with Gasteiger partial charge in [-0.25, -0.2) is 15.0 Å². The first-order chi connectivity index (χ1) is 17.6. The molecule has 5 rings (SSSR count). The zero-order chi connectivity index (χ0) is 25.1. The average molecular weight is 485 g/mol. The van der Waals surface area contributed by atoms with E-state index in [0.29, 0.717) is 46.8 Å². The minimum atomic E-state index is -0.195. The largest absolute Gasteiger partial charge is 0.493 e. The number of nitrogens with zero attached hydrogens (tertiary/aromatic N) is 5. The number of benzene rings is 2. The van der Waals surface area contributed by atoms with E-state index in [2.05, 4.69) is 20.3 Å². The molecule has 10 nitrogen and oxygen atoms in total. The van der Waals surface area contributed by atoms with E-state index in [-0.39, 0.29) is 17.9 Å². The fraction of sp³-hybridized carbons (Fsp3) is 0.192. The van der Waals surface area contributed by atoms with E-state index in [0.717, 1.165) is 11.3 Å². The van der Waals surface area contributed by atoms with Crippen LogP contribution in [-0.4, -0.2) is 44.0 Å². The van der Waals surface area contributed by atoms with Crippen LogP contribution >= 0.6 is 0 Å². The second kappa shape index (κ2) is 9.87. The number of hydrogen-bond acceptors (Lipinski definition) is 7. The van der Waals surface area contributed by atoms with Gasteiger partial charge in [0.15, 0.2) is 11.5 Å². The third-order valence-corrected chi connectivity index (χ3v) is 5.83. The van der Waals surface area contributed by atoms with Crippen molar-refractivity contribution in [2.45, 2.75) is 19.4 Å². The van der Waals surface area contributed by atoms with Crippen LogP contribution in [-0.2, 0) is 11.3 Å². The SMILES string of the molecule is COc1cc2ncn(CCCC(=O)Nc3ccc(-c4cn5cccnc5n4)cc3)c(=O)c2cc1OC. The Morgan fingerprint density at radius 3 is 2.58 bits per heavy atom. The van der Waals surface area contributed by atoms with Crippen molar-refractivity contribution in [3.8, 4) is 22.8 Å². The fourth-order valence-corrected chi connectivity index (χ4v) is 3.97. The molecule has 10 heteroatoms. The molecule has 3 heterocycles. The summed E-state index contributed by atoms with van der Waals surface area (Å²) in [6, 6.07) is 12.6. The molecule has 0 spiro atoms. The Bertz CT molecular complexity index is 1570. The molecule has 0 atom stereocenters. The van der Waals surface area contributed by atoms with Crippen molar-refractivity contribution in [1.29, 1.82) is 0 Å². The summed E-state index contributed by atoms with van der Waals surface area (Å²) in [7, 11) is 3.05. The molecule has 36 heavy (non-hydrogen) atoms. The number of nitrogens with one attached hydrogen (secondary N) is 1. The molecule has 3 aromatic heterocycles. The number of fused-ring (bicyclic) bond motifs is 2. The molecule has 0 aliphatic rings. The van der Waals surface area contributed by atoms with Gasteiger partial charge in [0.1, 0.15) is 0 Å². The maximum atomic E-state index is 12.9. The molecule has 0 saturated heterocycles. The topological polar surface area (TPSA) is 113 Å². The van der Waals surface area contributed by atoms with Crippen molar-refractivity contribution in [3.05, 3.63) is 77.7 Å². The number of hydrogen-bond donors (Lipinski definition) is 1. The molecule has 0 saturated carbocycles. The molecule has 0 aliphatic carbocycles. The standard InChI is InChI=1S/C26H24N6O4/c1-35-22-13-19-20(14-23(22)36-2)28-16-32(25(19)34)11-3-5-24(33)29-18-8-6-17(7-9-18)21-15-31-12-4-10-27-26(31)30-21/h4,6-10,12-16H,3,5,11H2,1-2H3,(H,29,33). The van der Waals surface area contributed by atoms with Crippen molar-refractivity contribution < 1.29 is 14.3 Å². The first-order valence-electron chi connectivity index (χ1n) is 11.4. The third kappa shape index (κ3) is 4.61. The van der Waals surface area contributed by atoms with Crippen LogP contribution in [0, 0.1) is 0 Å². The predicted octanol–water partition coefficient (Wildman–Crippen LogP) is 3.54. The number of amides is 1. The van der Waals surface area contributed by atoms with Crippen LogP contribution in [0.15, 0.2) is 72.2 Å². The van der Waals surface area contributed by atoms with Gasteiger partial charge in [-0.3, -0.25) is 18.6 Å². The fourth-order valence-electron chi connectivity index (χ4n) is 3.97. The monoisotopic (exact) mass is 484 g/mol. The summed E-state index contributed by atoms with van der Waals surface area (Å²) >= 11 is 0. The average Bonchev–Trinajstić information content (AvgIpc) is 3.34. The highest BCUT2D eigenvalue weighted by molar-refractivity contribution is 5.91. The lowest BCUT2D eigenvalue weighted by atomic mass is 10.1. The molecule has 1 amide bonds. The number of imidazole rings is 1. The third-order valence-electron chi connectivity index (χ3n) is 5.83. The quantitative estimate of drug-likeness (QED) is 0.358. The molecule has 0 unspecified atom stereocenters. The molecule has 0 bridgehead atoms. The molecule has 182 valence electrons. The zero-order valence-electron chi connectivity index (χ0n) is 19.8. The molecule has 0 aliphatic heterocycles. The maximum absolute atomic E-state index is 12.9. The van der Waals surface area contributed by atoms with Crippen molar-refractivity contribution in [3.63, 3.8) is 0 Å². The van der Waals surface area contributed by atoms with E-state index >= 15 is 0 Å². The van der Waals surface area contributed by atoms with Crippen LogP contribution < -0.4 is 20.3 Å². The first kappa shape index (κ1) is 23.0. The summed E-state index contributed by atoms with van der Waals surface area (Å²) in [6.45, 7) is 0.365. The van der Waals surface area contributed by atoms with E-state index in [1.54, 1.807) is 18.3 Å². The molecule has 5 aromatic rings. The Labute approximate surface area is 206 Å². The highest BCUT2D eigenvalue weighted by atomic mass is 16.5. The molecule has 0 fully saturated rings. The summed E-state index contributed by atoms with van der Waals surface area (Å²) in [5, 5.41) is 3.33. The minimum Gasteiger partial charge on any atom is -0.493 e. The number of aryl methyl sites for hydroxylation is 1. The number of rotatable bonds is 8. The summed E-state index contributed by atoms with van der Waals surface area (Å²) < 4.78 is 13.9. The first-order valence-corrected chi connectivity index (χ1v) is 11.4. The van der Waals surface area contributed by atoms with E-state index in [1.165, 1.54) is 25.1 Å². The van der Waals surface area contributed by atoms with Crippen LogP contribution in [0.5, 0.6) is 11.5 Å². The number of anilines is 1. The Morgan fingerprint density at radius 1 is 1.06 bits per heavy atom. The lowest BCUT2D eigenvalue weighted by molar-refractivity contribution is -0.116. The van der Waals surface area contributed by atoms with Gasteiger partial charge >= 0.3 is 0 Å². The van der Waals surface area contributed by atoms with Gasteiger partial charge < -0.3 is 14.8 Å². The second-order valence-electron chi connectivity index (χ2n) is 8.15. The van der Waals surface area contributed by atoms with Gasteiger partial charge in [-0.05, 0) is 30.7 Å². The van der Waals surface area contributed by atoms with Gasteiger partial charge in [-0.2, -0.15) is 0 Å². The van der Waals surface area contributed by atoms with E-state index in [9.17, 15) is 9.59 Å². The summed E-state index contributed by atoms with van der Waals surface area (Å²) in [5.74, 6) is 1.47. The maximum Gasteiger partial charge on any atom is 0.261 e. The highest BCUT2D eigenvalue weighted by Gasteiger charge is 2.12. The van der Waals surface area contributed by atoms with Gasteiger partial charge in [0.2, 0.25) is 11.7 Å². The molecular formula is C26H24N6O4. The number of aromatic nitrogens is 5. The van der Waals surface area contributed by atoms with Crippen molar-refractivity contribution in [2.24, 2.45) is 0 Å². The molecular weight excluding hydrogens is 460 g/mol. The Morgan fingerprint density at radius 2 is 1.83 bits per heavy atom. The van der Waals surface area contributed by atoms with Crippen LogP contribution in [0.1, 0.15) is 12.8 Å². The lowest BCUT2D eigenvalue weighted by Crippen LogP contribution is -2.22. The molecule has 2 aromatic carbocycles. The van der Waals surface area contributed by atoms with E-state index in [1.807, 2.05) is 47.1 Å². The molecule has 0 radical (unpaired) electrons. The summed E-state index contributed by atoms with van der Waals surface area (Å²) in [6.07, 6.45) is 7.73. The second-order valence-corrected chi connectivity index (χ2v) is 8.15. The van der Waals surface area contributed by atoms with Gasteiger partial charge in [-0.1, -0.05) is 12.1 Å². The summed E-state index contributed by atoms with van der Waals surface area (Å²) in [5.41, 5.74) is 2.75.